The molecule has 4 heteroatoms. The smallest absolute Gasteiger partial charge is 0.243 e. The van der Waals surface area contributed by atoms with E-state index < -0.39 is 0 Å². The number of amides is 1. The lowest BCUT2D eigenvalue weighted by atomic mass is 10.1. The lowest BCUT2D eigenvalue weighted by Crippen LogP contribution is -2.42. The van der Waals surface area contributed by atoms with Gasteiger partial charge in [0, 0.05) is 18.5 Å². The predicted octanol–water partition coefficient (Wildman–Crippen LogP) is 2.83. The van der Waals surface area contributed by atoms with Crippen LogP contribution in [0, 0.1) is 6.92 Å². The third-order valence-corrected chi connectivity index (χ3v) is 3.84. The van der Waals surface area contributed by atoms with Crippen LogP contribution in [0.25, 0.3) is 0 Å². The van der Waals surface area contributed by atoms with Crippen molar-refractivity contribution in [1.29, 1.82) is 0 Å². The topological polar surface area (TPSA) is 40.6 Å². The molecule has 1 saturated heterocycles. The van der Waals surface area contributed by atoms with Gasteiger partial charge >= 0.3 is 0 Å². The average molecular weight is 294 g/mol. The molecule has 0 radical (unpaired) electrons. The summed E-state index contributed by atoms with van der Waals surface area (Å²) < 4.78 is 0. The summed E-state index contributed by atoms with van der Waals surface area (Å²) in [7, 11) is 0. The molecule has 1 aliphatic rings. The van der Waals surface area contributed by atoms with Crippen LogP contribution in [0.4, 0.5) is 5.69 Å². The Morgan fingerprint density at radius 3 is 2.41 bits per heavy atom. The summed E-state index contributed by atoms with van der Waals surface area (Å²) in [6, 6.07) is 17.1. The van der Waals surface area contributed by atoms with Crippen molar-refractivity contribution in [3.63, 3.8) is 0 Å². The first kappa shape index (κ1) is 14.3. The van der Waals surface area contributed by atoms with Crippen LogP contribution in [-0.4, -0.2) is 29.8 Å². The number of ketones is 1. The fraction of sp³-hybridized carbons (Fsp3) is 0.222. The number of nitrogens with zero attached hydrogens (tertiary/aromatic N) is 2. The fourth-order valence-corrected chi connectivity index (χ4v) is 2.59. The number of hydrogen-bond acceptors (Lipinski definition) is 3. The van der Waals surface area contributed by atoms with E-state index in [1.807, 2.05) is 66.5 Å². The molecule has 0 aliphatic carbocycles. The minimum absolute atomic E-state index is 0.00989. The number of carbonyl (C=O) groups excluding carboxylic acids is 2. The van der Waals surface area contributed by atoms with Crippen LogP contribution in [0.3, 0.4) is 0 Å². The van der Waals surface area contributed by atoms with Gasteiger partial charge in [-0.1, -0.05) is 48.0 Å². The van der Waals surface area contributed by atoms with Gasteiger partial charge < -0.3 is 0 Å². The highest BCUT2D eigenvalue weighted by Crippen LogP contribution is 2.22. The molecule has 2 aromatic rings. The first-order valence-electron chi connectivity index (χ1n) is 7.38. The molecule has 4 nitrogen and oxygen atoms in total. The van der Waals surface area contributed by atoms with E-state index in [0.29, 0.717) is 18.5 Å². The normalized spacial score (nSPS) is 14.5. The zero-order valence-electron chi connectivity index (χ0n) is 12.5. The Labute approximate surface area is 129 Å². The molecule has 0 saturated carbocycles. The van der Waals surface area contributed by atoms with Gasteiger partial charge in [0.05, 0.1) is 5.69 Å². The van der Waals surface area contributed by atoms with Gasteiger partial charge in [0.25, 0.3) is 0 Å². The molecule has 1 amide bonds. The Hall–Kier alpha value is -2.62. The number of carbonyl (C=O) groups is 2. The maximum absolute atomic E-state index is 12.4. The highest BCUT2D eigenvalue weighted by molar-refractivity contribution is 6.00. The van der Waals surface area contributed by atoms with E-state index in [2.05, 4.69) is 0 Å². The average Bonchev–Trinajstić information content (AvgIpc) is 2.90. The van der Waals surface area contributed by atoms with E-state index >= 15 is 0 Å². The second kappa shape index (κ2) is 6.02. The number of hydrogen-bond donors (Lipinski definition) is 0. The second-order valence-corrected chi connectivity index (χ2v) is 5.45. The zero-order valence-corrected chi connectivity index (χ0v) is 12.5. The summed E-state index contributed by atoms with van der Waals surface area (Å²) in [5, 5.41) is 3.44. The molecule has 112 valence electrons. The highest BCUT2D eigenvalue weighted by atomic mass is 16.2. The molecule has 2 aromatic carbocycles. The van der Waals surface area contributed by atoms with Crippen molar-refractivity contribution in [2.24, 2.45) is 0 Å². The third-order valence-electron chi connectivity index (χ3n) is 3.84. The Balaban J connectivity index is 1.78. The Morgan fingerprint density at radius 1 is 1.05 bits per heavy atom. The number of benzene rings is 2. The first-order chi connectivity index (χ1) is 10.6. The molecule has 0 bridgehead atoms. The van der Waals surface area contributed by atoms with Gasteiger partial charge in [0.2, 0.25) is 5.91 Å². The molecule has 22 heavy (non-hydrogen) atoms. The largest absolute Gasteiger partial charge is 0.292 e. The molecular formula is C18H18N2O2. The van der Waals surface area contributed by atoms with E-state index in [0.717, 1.165) is 11.3 Å². The number of hydrazine groups is 1. The van der Waals surface area contributed by atoms with Crippen molar-refractivity contribution in [3.8, 4) is 0 Å². The van der Waals surface area contributed by atoms with Crippen LogP contribution >= 0.6 is 0 Å². The molecule has 0 unspecified atom stereocenters. The van der Waals surface area contributed by atoms with Gasteiger partial charge in [-0.2, -0.15) is 0 Å². The summed E-state index contributed by atoms with van der Waals surface area (Å²) in [4.78, 5) is 24.5. The molecule has 0 N–H and O–H groups in total. The van der Waals surface area contributed by atoms with E-state index in [1.165, 1.54) is 0 Å². The van der Waals surface area contributed by atoms with Gasteiger partial charge in [-0.25, -0.2) is 5.01 Å². The highest BCUT2D eigenvalue weighted by Gasteiger charge is 2.30. The molecule has 3 rings (SSSR count). The zero-order chi connectivity index (χ0) is 15.5. The summed E-state index contributed by atoms with van der Waals surface area (Å²) in [5.74, 6) is -0.0551. The lowest BCUT2D eigenvalue weighted by molar-refractivity contribution is -0.127. The standard InChI is InChI=1S/C18H18N2O2/c1-14-7-9-15(10-8-14)17(21)13-20-18(22)11-12-19(20)16-5-3-2-4-6-16/h2-10H,11-13H2,1H3. The van der Waals surface area contributed by atoms with E-state index in [-0.39, 0.29) is 18.2 Å². The van der Waals surface area contributed by atoms with Gasteiger partial charge in [-0.3, -0.25) is 14.6 Å². The van der Waals surface area contributed by atoms with Crippen molar-refractivity contribution < 1.29 is 9.59 Å². The van der Waals surface area contributed by atoms with Gasteiger partial charge in [0.1, 0.15) is 6.54 Å². The summed E-state index contributed by atoms with van der Waals surface area (Å²) in [5.41, 5.74) is 2.68. The van der Waals surface area contributed by atoms with Gasteiger partial charge in [-0.15, -0.1) is 0 Å². The van der Waals surface area contributed by atoms with E-state index in [1.54, 1.807) is 5.01 Å². The Bertz CT molecular complexity index is 680. The number of aryl methyl sites for hydroxylation is 1. The number of rotatable bonds is 4. The van der Waals surface area contributed by atoms with Crippen LogP contribution in [-0.2, 0) is 4.79 Å². The number of Topliss-reactive ketones (excluding diaryl/α,β-unsaturated/α-hetero) is 1. The van der Waals surface area contributed by atoms with E-state index in [4.69, 9.17) is 0 Å². The number of para-hydroxylation sites is 1. The monoisotopic (exact) mass is 294 g/mol. The molecule has 1 heterocycles. The fourth-order valence-electron chi connectivity index (χ4n) is 2.59. The maximum atomic E-state index is 12.4. The minimum Gasteiger partial charge on any atom is -0.292 e. The third kappa shape index (κ3) is 2.86. The van der Waals surface area contributed by atoms with Crippen molar-refractivity contribution in [1.82, 2.24) is 5.01 Å². The van der Waals surface area contributed by atoms with Crippen molar-refractivity contribution >= 4 is 17.4 Å². The summed E-state index contributed by atoms with van der Waals surface area (Å²) in [6.45, 7) is 2.68. The lowest BCUT2D eigenvalue weighted by Gasteiger charge is -2.29. The number of anilines is 1. The molecule has 1 fully saturated rings. The van der Waals surface area contributed by atoms with Crippen LogP contribution < -0.4 is 5.01 Å². The van der Waals surface area contributed by atoms with Crippen LogP contribution in [0.2, 0.25) is 0 Å². The van der Waals surface area contributed by atoms with Crippen LogP contribution in [0.5, 0.6) is 0 Å². The second-order valence-electron chi connectivity index (χ2n) is 5.45. The van der Waals surface area contributed by atoms with E-state index in [9.17, 15) is 9.59 Å². The van der Waals surface area contributed by atoms with Crippen molar-refractivity contribution in [2.75, 3.05) is 18.1 Å². The van der Waals surface area contributed by atoms with Crippen LogP contribution in [0.15, 0.2) is 54.6 Å². The SMILES string of the molecule is Cc1ccc(C(=O)CN2C(=O)CCN2c2ccccc2)cc1. The Morgan fingerprint density at radius 2 is 1.73 bits per heavy atom. The molecular weight excluding hydrogens is 276 g/mol. The predicted molar refractivity (Wildman–Crippen MR) is 85.6 cm³/mol. The summed E-state index contributed by atoms with van der Waals surface area (Å²) in [6.07, 6.45) is 0.441. The maximum Gasteiger partial charge on any atom is 0.243 e. The molecule has 0 spiro atoms. The summed E-state index contributed by atoms with van der Waals surface area (Å²) >= 11 is 0. The first-order valence-corrected chi connectivity index (χ1v) is 7.38. The van der Waals surface area contributed by atoms with Crippen molar-refractivity contribution in [2.45, 2.75) is 13.3 Å². The molecule has 0 atom stereocenters. The molecule has 1 aliphatic heterocycles. The Kier molecular flexibility index (Phi) is 3.92. The van der Waals surface area contributed by atoms with Gasteiger partial charge in [0.15, 0.2) is 5.78 Å². The minimum atomic E-state index is -0.0452. The van der Waals surface area contributed by atoms with Gasteiger partial charge in [-0.05, 0) is 19.1 Å². The van der Waals surface area contributed by atoms with Crippen LogP contribution in [0.1, 0.15) is 22.3 Å². The van der Waals surface area contributed by atoms with Crippen molar-refractivity contribution in [3.05, 3.63) is 65.7 Å². The quantitative estimate of drug-likeness (QED) is 0.814. The molecule has 0 aromatic heterocycles.